The molecule has 1 rings (SSSR count). The summed E-state index contributed by atoms with van der Waals surface area (Å²) in [5, 5.41) is 19.7. The van der Waals surface area contributed by atoms with Gasteiger partial charge in [-0.05, 0) is 6.07 Å². The number of hydrogen-bond acceptors (Lipinski definition) is 4. The summed E-state index contributed by atoms with van der Waals surface area (Å²) in [5.41, 5.74) is -1.04. The van der Waals surface area contributed by atoms with Crippen LogP contribution in [-0.4, -0.2) is 22.6 Å². The molecule has 1 aromatic rings. The predicted octanol–water partition coefficient (Wildman–Crippen LogP) is 2.42. The number of carbonyl (C=O) groups is 1. The second kappa shape index (κ2) is 5.31. The second-order valence-electron chi connectivity index (χ2n) is 3.02. The molecule has 0 fully saturated rings. The molecule has 0 spiro atoms. The highest BCUT2D eigenvalue weighted by atomic mass is 35.5. The van der Waals surface area contributed by atoms with Gasteiger partial charge < -0.3 is 9.84 Å². The van der Waals surface area contributed by atoms with Crippen molar-refractivity contribution in [1.82, 2.24) is 0 Å². The van der Waals surface area contributed by atoms with Crippen LogP contribution in [0.4, 0.5) is 5.69 Å². The third-order valence-electron chi connectivity index (χ3n) is 1.80. The van der Waals surface area contributed by atoms with Crippen molar-refractivity contribution < 1.29 is 19.6 Å². The van der Waals surface area contributed by atoms with Gasteiger partial charge in [-0.3, -0.25) is 10.1 Å². The molecule has 0 unspecified atom stereocenters. The van der Waals surface area contributed by atoms with E-state index >= 15 is 0 Å². The number of nitro benzene ring substituents is 1. The highest BCUT2D eigenvalue weighted by molar-refractivity contribution is 6.29. The number of hydrogen-bond donors (Lipinski definition) is 1. The topological polar surface area (TPSA) is 89.7 Å². The van der Waals surface area contributed by atoms with E-state index in [1.807, 2.05) is 0 Å². The number of nitro groups is 1. The van der Waals surface area contributed by atoms with Crippen LogP contribution >= 0.6 is 11.6 Å². The quantitative estimate of drug-likeness (QED) is 0.646. The van der Waals surface area contributed by atoms with E-state index < -0.39 is 22.1 Å². The van der Waals surface area contributed by atoms with E-state index in [9.17, 15) is 14.9 Å². The molecule has 6 nitrogen and oxygen atoms in total. The SMILES string of the molecule is C=C(Cl)COc1cccc([N+](=O)[O-])c1C(=O)O. The first-order valence-electron chi connectivity index (χ1n) is 4.40. The van der Waals surface area contributed by atoms with Crippen LogP contribution in [0.2, 0.25) is 0 Å². The van der Waals surface area contributed by atoms with Gasteiger partial charge in [-0.15, -0.1) is 0 Å². The highest BCUT2D eigenvalue weighted by Gasteiger charge is 2.24. The van der Waals surface area contributed by atoms with Crippen LogP contribution in [0.25, 0.3) is 0 Å². The molecule has 0 saturated heterocycles. The van der Waals surface area contributed by atoms with Crippen LogP contribution in [0.15, 0.2) is 29.8 Å². The van der Waals surface area contributed by atoms with Crippen LogP contribution in [0.3, 0.4) is 0 Å². The number of carboxylic acids is 1. The Kier molecular flexibility index (Phi) is 4.06. The summed E-state index contributed by atoms with van der Waals surface area (Å²) in [4.78, 5) is 20.8. The Hall–Kier alpha value is -2.08. The molecular weight excluding hydrogens is 250 g/mol. The number of benzene rings is 1. The van der Waals surface area contributed by atoms with E-state index in [0.717, 1.165) is 6.07 Å². The van der Waals surface area contributed by atoms with Crippen LogP contribution in [-0.2, 0) is 0 Å². The van der Waals surface area contributed by atoms with E-state index in [1.54, 1.807) is 0 Å². The second-order valence-corrected chi connectivity index (χ2v) is 3.55. The Balaban J connectivity index is 3.20. The summed E-state index contributed by atoms with van der Waals surface area (Å²) < 4.78 is 5.03. The Morgan fingerprint density at radius 1 is 1.59 bits per heavy atom. The lowest BCUT2D eigenvalue weighted by molar-refractivity contribution is -0.385. The zero-order valence-corrected chi connectivity index (χ0v) is 9.31. The normalized spacial score (nSPS) is 9.71. The van der Waals surface area contributed by atoms with Crippen molar-refractivity contribution in [3.05, 3.63) is 45.5 Å². The largest absolute Gasteiger partial charge is 0.487 e. The minimum absolute atomic E-state index is 0.117. The fourth-order valence-electron chi connectivity index (χ4n) is 1.16. The van der Waals surface area contributed by atoms with Crippen molar-refractivity contribution in [3.63, 3.8) is 0 Å². The van der Waals surface area contributed by atoms with Crippen LogP contribution in [0.5, 0.6) is 5.75 Å². The third-order valence-corrected chi connectivity index (χ3v) is 1.91. The molecule has 0 heterocycles. The van der Waals surface area contributed by atoms with Gasteiger partial charge >= 0.3 is 5.97 Å². The van der Waals surface area contributed by atoms with Gasteiger partial charge in [0.2, 0.25) is 0 Å². The fourth-order valence-corrected chi connectivity index (χ4v) is 1.22. The molecule has 7 heteroatoms. The molecular formula is C10H8ClNO5. The molecule has 0 aliphatic heterocycles. The molecule has 0 amide bonds. The highest BCUT2D eigenvalue weighted by Crippen LogP contribution is 2.28. The molecule has 0 saturated carbocycles. The van der Waals surface area contributed by atoms with Crippen molar-refractivity contribution in [3.8, 4) is 5.75 Å². The summed E-state index contributed by atoms with van der Waals surface area (Å²) in [5.74, 6) is -1.55. The van der Waals surface area contributed by atoms with E-state index in [1.165, 1.54) is 12.1 Å². The maximum atomic E-state index is 11.0. The Morgan fingerprint density at radius 2 is 2.24 bits per heavy atom. The fraction of sp³-hybridized carbons (Fsp3) is 0.100. The first-order chi connectivity index (χ1) is 7.93. The molecule has 0 aliphatic rings. The number of ether oxygens (including phenoxy) is 1. The van der Waals surface area contributed by atoms with Gasteiger partial charge in [0.25, 0.3) is 5.69 Å². The van der Waals surface area contributed by atoms with E-state index in [2.05, 4.69) is 6.58 Å². The van der Waals surface area contributed by atoms with Gasteiger partial charge in [-0.2, -0.15) is 0 Å². The molecule has 17 heavy (non-hydrogen) atoms. The zero-order chi connectivity index (χ0) is 13.0. The van der Waals surface area contributed by atoms with E-state index in [0.29, 0.717) is 0 Å². The lowest BCUT2D eigenvalue weighted by Gasteiger charge is -2.08. The van der Waals surface area contributed by atoms with Crippen molar-refractivity contribution >= 4 is 23.3 Å². The van der Waals surface area contributed by atoms with Crippen molar-refractivity contribution in [2.45, 2.75) is 0 Å². The maximum Gasteiger partial charge on any atom is 0.346 e. The average molecular weight is 258 g/mol. The summed E-state index contributed by atoms with van der Waals surface area (Å²) in [6.45, 7) is 3.24. The van der Waals surface area contributed by atoms with Gasteiger partial charge in [0, 0.05) is 11.1 Å². The third kappa shape index (κ3) is 3.18. The maximum absolute atomic E-state index is 11.0. The molecule has 0 bridgehead atoms. The number of aromatic carboxylic acids is 1. The van der Waals surface area contributed by atoms with Gasteiger partial charge in [-0.25, -0.2) is 4.79 Å². The summed E-state index contributed by atoms with van der Waals surface area (Å²) in [6, 6.07) is 3.74. The first-order valence-corrected chi connectivity index (χ1v) is 4.78. The number of nitrogens with zero attached hydrogens (tertiary/aromatic N) is 1. The van der Waals surface area contributed by atoms with Crippen LogP contribution in [0, 0.1) is 10.1 Å². The first kappa shape index (κ1) is 13.0. The average Bonchev–Trinajstić information content (AvgIpc) is 2.25. The molecule has 0 aliphatic carbocycles. The summed E-state index contributed by atoms with van der Waals surface area (Å²) >= 11 is 5.46. The van der Waals surface area contributed by atoms with Crippen LogP contribution < -0.4 is 4.74 Å². The predicted molar refractivity (Wildman–Crippen MR) is 60.5 cm³/mol. The standard InChI is InChI=1S/C10H8ClNO5/c1-6(11)5-17-8-4-2-3-7(12(15)16)9(8)10(13)14/h2-4H,1,5H2,(H,13,14). The summed E-state index contributed by atoms with van der Waals surface area (Å²) in [6.07, 6.45) is 0. The smallest absolute Gasteiger partial charge is 0.346 e. The minimum Gasteiger partial charge on any atom is -0.487 e. The molecule has 1 N–H and O–H groups in total. The molecule has 0 atom stereocenters. The van der Waals surface area contributed by atoms with Crippen LogP contribution in [0.1, 0.15) is 10.4 Å². The molecule has 0 radical (unpaired) electrons. The van der Waals surface area contributed by atoms with Crippen molar-refractivity contribution in [2.75, 3.05) is 6.61 Å². The minimum atomic E-state index is -1.44. The Labute approximate surface area is 101 Å². The zero-order valence-electron chi connectivity index (χ0n) is 8.55. The summed E-state index contributed by atoms with van der Waals surface area (Å²) in [7, 11) is 0. The van der Waals surface area contributed by atoms with E-state index in [-0.39, 0.29) is 17.4 Å². The molecule has 0 aromatic heterocycles. The van der Waals surface area contributed by atoms with Crippen molar-refractivity contribution in [1.29, 1.82) is 0 Å². The lowest BCUT2D eigenvalue weighted by Crippen LogP contribution is -2.07. The van der Waals surface area contributed by atoms with Gasteiger partial charge in [0.05, 0.1) is 4.92 Å². The lowest BCUT2D eigenvalue weighted by atomic mass is 10.1. The van der Waals surface area contributed by atoms with Gasteiger partial charge in [0.15, 0.2) is 5.56 Å². The molecule has 90 valence electrons. The van der Waals surface area contributed by atoms with Gasteiger partial charge in [0.1, 0.15) is 12.4 Å². The number of rotatable bonds is 5. The molecule has 1 aromatic carbocycles. The monoisotopic (exact) mass is 257 g/mol. The van der Waals surface area contributed by atoms with Crippen molar-refractivity contribution in [2.24, 2.45) is 0 Å². The Bertz CT molecular complexity index is 486. The van der Waals surface area contributed by atoms with Gasteiger partial charge in [-0.1, -0.05) is 24.2 Å². The number of carboxylic acid groups (broad SMARTS) is 1. The number of halogens is 1. The van der Waals surface area contributed by atoms with E-state index in [4.69, 9.17) is 21.4 Å². The Morgan fingerprint density at radius 3 is 2.71 bits per heavy atom.